The molecule has 9 nitrogen and oxygen atoms in total. The van der Waals surface area contributed by atoms with Gasteiger partial charge in [-0.2, -0.15) is 0 Å². The molecule has 1 aromatic carbocycles. The second-order valence-electron chi connectivity index (χ2n) is 12.4. The van der Waals surface area contributed by atoms with Crippen molar-refractivity contribution in [2.24, 2.45) is 22.7 Å². The van der Waals surface area contributed by atoms with Crippen LogP contribution in [0, 0.1) is 22.7 Å². The number of fused-ring (bicyclic) bond motifs is 5. The molecule has 3 unspecified atom stereocenters. The van der Waals surface area contributed by atoms with Crippen molar-refractivity contribution in [1.82, 2.24) is 9.97 Å². The van der Waals surface area contributed by atoms with Crippen LogP contribution in [0.5, 0.6) is 17.5 Å². The number of halogens is 2. The van der Waals surface area contributed by atoms with E-state index in [0.717, 1.165) is 6.20 Å². The second-order valence-corrected chi connectivity index (χ2v) is 13.3. The molecule has 4 aliphatic carbocycles. The van der Waals surface area contributed by atoms with Crippen LogP contribution in [0.2, 0.25) is 0 Å². The van der Waals surface area contributed by atoms with Crippen molar-refractivity contribution < 1.29 is 42.9 Å². The number of allylic oxidation sites excluding steroid dienone is 4. The van der Waals surface area contributed by atoms with Gasteiger partial charge in [0.15, 0.2) is 17.1 Å². The van der Waals surface area contributed by atoms with Gasteiger partial charge in [-0.3, -0.25) is 9.59 Å². The fourth-order valence-corrected chi connectivity index (χ4v) is 8.98. The zero-order valence-corrected chi connectivity index (χ0v) is 25.0. The molecule has 0 radical (unpaired) electrons. The number of ether oxygens (including phenoxy) is 2. The van der Waals surface area contributed by atoms with Gasteiger partial charge in [0.05, 0.1) is 24.1 Å². The Balaban J connectivity index is 1.30. The lowest BCUT2D eigenvalue weighted by Gasteiger charge is -2.62. The molecule has 0 amide bonds. The first-order chi connectivity index (χ1) is 20.9. The lowest BCUT2D eigenvalue weighted by Crippen LogP contribution is -2.69. The molecule has 0 bridgehead atoms. The van der Waals surface area contributed by atoms with Gasteiger partial charge in [-0.1, -0.05) is 18.6 Å². The number of aliphatic hydroxyl groups excluding tert-OH is 1. The molecule has 6 rings (SSSR count). The van der Waals surface area contributed by atoms with Crippen LogP contribution in [0.4, 0.5) is 8.78 Å². The van der Waals surface area contributed by atoms with Crippen molar-refractivity contribution >= 4 is 28.6 Å². The first-order valence-corrected chi connectivity index (χ1v) is 15.4. The molecule has 4 aliphatic rings. The predicted molar refractivity (Wildman–Crippen MR) is 155 cm³/mol. The van der Waals surface area contributed by atoms with E-state index in [1.54, 1.807) is 19.9 Å². The fourth-order valence-electron chi connectivity index (χ4n) is 8.27. The van der Waals surface area contributed by atoms with E-state index in [2.05, 4.69) is 9.97 Å². The monoisotopic (exact) mass is 626 g/mol. The summed E-state index contributed by atoms with van der Waals surface area (Å²) in [5.74, 6) is -2.03. The number of benzene rings is 1. The van der Waals surface area contributed by atoms with E-state index in [9.17, 15) is 29.0 Å². The fraction of sp³-hybridized carbons (Fsp3) is 0.469. The van der Waals surface area contributed by atoms with Gasteiger partial charge in [0, 0.05) is 16.7 Å². The third-order valence-corrected chi connectivity index (χ3v) is 11.2. The average molecular weight is 627 g/mol. The van der Waals surface area contributed by atoms with Gasteiger partial charge < -0.3 is 19.7 Å². The van der Waals surface area contributed by atoms with E-state index >= 15 is 4.39 Å². The molecule has 1 aromatic heterocycles. The van der Waals surface area contributed by atoms with Crippen molar-refractivity contribution in [3.05, 3.63) is 66.0 Å². The zero-order chi connectivity index (χ0) is 31.5. The summed E-state index contributed by atoms with van der Waals surface area (Å²) in [5, 5.41) is 20.2. The molecule has 0 saturated heterocycles. The highest BCUT2D eigenvalue weighted by Crippen LogP contribution is 2.70. The van der Waals surface area contributed by atoms with Crippen molar-refractivity contribution in [1.29, 1.82) is 0 Å². The smallest absolute Gasteiger partial charge is 0.339 e. The Kier molecular flexibility index (Phi) is 7.43. The Labute approximate surface area is 256 Å². The third-order valence-electron chi connectivity index (χ3n) is 10.5. The largest absolute Gasteiger partial charge is 0.492 e. The number of alkyl halides is 2. The SMILES string of the molecule is C[C@]12C=CC(=O)C=C1CCC1C3CC[C@](OC(=O)c4ccc(Oc5cnc(O)cn5)cc4)(C(=O)SCF)[C@@]3(C)C[C@H](O)C12F. The highest BCUT2D eigenvalue weighted by molar-refractivity contribution is 8.13. The highest BCUT2D eigenvalue weighted by atomic mass is 32.2. The molecular formula is C32H32F2N2O7S. The van der Waals surface area contributed by atoms with Crippen LogP contribution in [0.15, 0.2) is 60.5 Å². The summed E-state index contributed by atoms with van der Waals surface area (Å²) in [7, 11) is 0. The minimum atomic E-state index is -2.12. The quantitative estimate of drug-likeness (QED) is 0.400. The summed E-state index contributed by atoms with van der Waals surface area (Å²) in [6, 6.07) is 4.83. The minimum absolute atomic E-state index is 0.0551. The summed E-state index contributed by atoms with van der Waals surface area (Å²) in [6.07, 6.45) is 6.14. The van der Waals surface area contributed by atoms with Gasteiger partial charge >= 0.3 is 5.97 Å². The second kappa shape index (κ2) is 10.8. The van der Waals surface area contributed by atoms with Crippen molar-refractivity contribution in [3.8, 4) is 17.5 Å². The minimum Gasteiger partial charge on any atom is -0.492 e. The van der Waals surface area contributed by atoms with Gasteiger partial charge in [0.1, 0.15) is 11.8 Å². The van der Waals surface area contributed by atoms with Crippen LogP contribution in [-0.4, -0.2) is 60.4 Å². The number of ketones is 1. The number of aromatic nitrogens is 2. The zero-order valence-electron chi connectivity index (χ0n) is 24.2. The first kappa shape index (κ1) is 30.4. The summed E-state index contributed by atoms with van der Waals surface area (Å²) in [4.78, 5) is 47.0. The van der Waals surface area contributed by atoms with Crippen molar-refractivity contribution in [2.45, 2.75) is 63.3 Å². The van der Waals surface area contributed by atoms with Crippen LogP contribution < -0.4 is 4.74 Å². The van der Waals surface area contributed by atoms with Gasteiger partial charge in [-0.15, -0.1) is 0 Å². The Hall–Kier alpha value is -3.64. The Morgan fingerprint density at radius 2 is 1.86 bits per heavy atom. The number of aliphatic hydroxyl groups is 1. The van der Waals surface area contributed by atoms with E-state index < -0.39 is 57.1 Å². The topological polar surface area (TPSA) is 136 Å². The summed E-state index contributed by atoms with van der Waals surface area (Å²) in [6.45, 7) is 3.44. The molecule has 1 heterocycles. The van der Waals surface area contributed by atoms with E-state index in [4.69, 9.17) is 9.47 Å². The first-order valence-electron chi connectivity index (χ1n) is 14.4. The Bertz CT molecular complexity index is 1570. The van der Waals surface area contributed by atoms with E-state index in [1.807, 2.05) is 0 Å². The molecule has 3 saturated carbocycles. The maximum Gasteiger partial charge on any atom is 0.339 e. The molecule has 7 atom stereocenters. The molecule has 232 valence electrons. The van der Waals surface area contributed by atoms with Gasteiger partial charge in [-0.05, 0) is 93.1 Å². The van der Waals surface area contributed by atoms with Gasteiger partial charge in [0.25, 0.3) is 0 Å². The van der Waals surface area contributed by atoms with E-state index in [-0.39, 0.29) is 35.9 Å². The molecule has 0 aliphatic heterocycles. The lowest BCUT2D eigenvalue weighted by molar-refractivity contribution is -0.214. The van der Waals surface area contributed by atoms with Gasteiger partial charge in [-0.25, -0.2) is 23.5 Å². The molecule has 2 aromatic rings. The average Bonchev–Trinajstić information content (AvgIpc) is 3.28. The summed E-state index contributed by atoms with van der Waals surface area (Å²) < 4.78 is 42.7. The van der Waals surface area contributed by atoms with Crippen molar-refractivity contribution in [2.75, 3.05) is 6.01 Å². The molecule has 0 spiro atoms. The maximum absolute atomic E-state index is 17.5. The van der Waals surface area contributed by atoms with Crippen LogP contribution in [0.25, 0.3) is 0 Å². The van der Waals surface area contributed by atoms with Gasteiger partial charge in [0.2, 0.25) is 16.9 Å². The van der Waals surface area contributed by atoms with Crippen LogP contribution in [0.1, 0.15) is 56.3 Å². The Morgan fingerprint density at radius 3 is 2.55 bits per heavy atom. The Morgan fingerprint density at radius 1 is 1.11 bits per heavy atom. The number of nitrogens with zero attached hydrogens (tertiary/aromatic N) is 2. The van der Waals surface area contributed by atoms with E-state index in [1.165, 1.54) is 42.6 Å². The molecule has 3 fully saturated rings. The molecule has 2 N–H and O–H groups in total. The van der Waals surface area contributed by atoms with E-state index in [0.29, 0.717) is 42.3 Å². The lowest BCUT2D eigenvalue weighted by atomic mass is 9.45. The number of esters is 1. The number of hydrogen-bond donors (Lipinski definition) is 2. The third kappa shape index (κ3) is 4.40. The molecule has 44 heavy (non-hydrogen) atoms. The van der Waals surface area contributed by atoms with Crippen LogP contribution in [0.3, 0.4) is 0 Å². The maximum atomic E-state index is 17.5. The number of aromatic hydroxyl groups is 1. The number of carbonyl (C=O) groups is 3. The van der Waals surface area contributed by atoms with Crippen molar-refractivity contribution in [3.63, 3.8) is 0 Å². The summed E-state index contributed by atoms with van der Waals surface area (Å²) in [5.41, 5.74) is -5.58. The number of thioether (sulfide) groups is 1. The highest BCUT2D eigenvalue weighted by Gasteiger charge is 2.75. The normalized spacial score (nSPS) is 35.6. The number of carbonyl (C=O) groups excluding carboxylic acids is 3. The van der Waals surface area contributed by atoms with Crippen LogP contribution in [-0.2, 0) is 14.3 Å². The van der Waals surface area contributed by atoms with Crippen LogP contribution >= 0.6 is 11.8 Å². The predicted octanol–water partition coefficient (Wildman–Crippen LogP) is 5.43. The molecular weight excluding hydrogens is 594 g/mol. The standard InChI is InChI=1S/C32H32F2N2O7S/c1-29-11-9-20(37)13-19(29)5-8-23-22-10-12-31(28(41)44-17-33,30(22,2)14-24(38)32(23,29)34)43-27(40)18-3-6-21(7-4-18)42-26-16-35-25(39)15-36-26/h3-4,6-7,9,11,13,15-16,22-24,38H,5,8,10,12,14,17H2,1-2H3,(H,35,39)/t22?,23?,24-,29-,30-,31-,32?/m0/s1. The number of rotatable bonds is 6. The molecule has 12 heteroatoms. The number of hydrogen-bond acceptors (Lipinski definition) is 10. The summed E-state index contributed by atoms with van der Waals surface area (Å²) >= 11 is 0.404.